The number of likely N-dealkylation sites (tertiary alicyclic amines) is 1. The highest BCUT2D eigenvalue weighted by molar-refractivity contribution is 7.09. The van der Waals surface area contributed by atoms with Gasteiger partial charge in [0.15, 0.2) is 11.6 Å². The van der Waals surface area contributed by atoms with Crippen molar-refractivity contribution < 1.29 is 13.6 Å². The van der Waals surface area contributed by atoms with Gasteiger partial charge in [0.05, 0.1) is 10.7 Å². The third-order valence-electron chi connectivity index (χ3n) is 3.53. The maximum atomic E-state index is 13.2. The third-order valence-corrected chi connectivity index (χ3v) is 4.44. The summed E-state index contributed by atoms with van der Waals surface area (Å²) in [5, 5.41) is 2.72. The van der Waals surface area contributed by atoms with Crippen LogP contribution in [-0.2, 0) is 11.2 Å². The lowest BCUT2D eigenvalue weighted by atomic mass is 10.1. The molecule has 1 aromatic heterocycles. The van der Waals surface area contributed by atoms with E-state index in [0.717, 1.165) is 30.1 Å². The van der Waals surface area contributed by atoms with Crippen LogP contribution in [0.25, 0.3) is 11.3 Å². The van der Waals surface area contributed by atoms with E-state index in [1.54, 1.807) is 0 Å². The largest absolute Gasteiger partial charge is 0.342 e. The van der Waals surface area contributed by atoms with E-state index in [-0.39, 0.29) is 5.91 Å². The van der Waals surface area contributed by atoms with Gasteiger partial charge < -0.3 is 4.90 Å². The first-order chi connectivity index (χ1) is 10.1. The lowest BCUT2D eigenvalue weighted by molar-refractivity contribution is -0.127. The van der Waals surface area contributed by atoms with Crippen molar-refractivity contribution in [2.75, 3.05) is 13.1 Å². The Hall–Kier alpha value is -1.82. The van der Waals surface area contributed by atoms with Gasteiger partial charge >= 0.3 is 0 Å². The standard InChI is InChI=1S/C15H14F2N2OS/c16-11-4-3-10(8-12(11)17)13-9-21-14(18-13)5-7-19-6-1-2-15(19)20/h3-4,8-9H,1-2,5-7H2. The summed E-state index contributed by atoms with van der Waals surface area (Å²) in [6.07, 6.45) is 2.26. The van der Waals surface area contributed by atoms with Crippen LogP contribution in [0.1, 0.15) is 17.8 Å². The molecule has 0 radical (unpaired) electrons. The van der Waals surface area contributed by atoms with Crippen LogP contribution in [0.2, 0.25) is 0 Å². The summed E-state index contributed by atoms with van der Waals surface area (Å²) in [6.45, 7) is 1.49. The molecule has 0 unspecified atom stereocenters. The zero-order valence-corrected chi connectivity index (χ0v) is 12.1. The molecule has 0 N–H and O–H groups in total. The molecule has 110 valence electrons. The number of halogens is 2. The van der Waals surface area contributed by atoms with Crippen molar-refractivity contribution >= 4 is 17.2 Å². The number of rotatable bonds is 4. The molecule has 21 heavy (non-hydrogen) atoms. The van der Waals surface area contributed by atoms with Crippen molar-refractivity contribution in [2.24, 2.45) is 0 Å². The number of thiazole rings is 1. The first-order valence-corrected chi connectivity index (χ1v) is 7.69. The number of benzene rings is 1. The van der Waals surface area contributed by atoms with Gasteiger partial charge in [0.25, 0.3) is 0 Å². The van der Waals surface area contributed by atoms with Gasteiger partial charge in [-0.25, -0.2) is 13.8 Å². The number of carbonyl (C=O) groups excluding carboxylic acids is 1. The summed E-state index contributed by atoms with van der Waals surface area (Å²) in [7, 11) is 0. The second-order valence-corrected chi connectivity index (χ2v) is 5.93. The number of aromatic nitrogens is 1. The van der Waals surface area contributed by atoms with Crippen molar-refractivity contribution in [3.63, 3.8) is 0 Å². The molecule has 1 amide bonds. The van der Waals surface area contributed by atoms with Crippen LogP contribution in [0, 0.1) is 11.6 Å². The Morgan fingerprint density at radius 1 is 1.29 bits per heavy atom. The molecule has 3 rings (SSSR count). The van der Waals surface area contributed by atoms with Gasteiger partial charge in [-0.3, -0.25) is 4.79 Å². The van der Waals surface area contributed by atoms with E-state index in [1.807, 2.05) is 10.3 Å². The summed E-state index contributed by atoms with van der Waals surface area (Å²) < 4.78 is 26.1. The second-order valence-electron chi connectivity index (χ2n) is 4.99. The zero-order valence-electron chi connectivity index (χ0n) is 11.3. The fourth-order valence-electron chi connectivity index (χ4n) is 2.38. The normalized spacial score (nSPS) is 15.0. The lowest BCUT2D eigenvalue weighted by Gasteiger charge is -2.13. The Kier molecular flexibility index (Phi) is 3.96. The van der Waals surface area contributed by atoms with E-state index in [9.17, 15) is 13.6 Å². The molecule has 1 aliphatic rings. The second kappa shape index (κ2) is 5.89. The van der Waals surface area contributed by atoms with E-state index in [4.69, 9.17) is 0 Å². The van der Waals surface area contributed by atoms with Gasteiger partial charge in [-0.2, -0.15) is 0 Å². The molecule has 0 atom stereocenters. The molecule has 6 heteroatoms. The van der Waals surface area contributed by atoms with Gasteiger partial charge in [-0.1, -0.05) is 0 Å². The molecule has 2 heterocycles. The van der Waals surface area contributed by atoms with Crippen molar-refractivity contribution in [1.82, 2.24) is 9.88 Å². The van der Waals surface area contributed by atoms with Crippen LogP contribution >= 0.6 is 11.3 Å². The van der Waals surface area contributed by atoms with Crippen molar-refractivity contribution in [3.8, 4) is 11.3 Å². The van der Waals surface area contributed by atoms with E-state index in [1.165, 1.54) is 17.4 Å². The minimum Gasteiger partial charge on any atom is -0.342 e. The summed E-state index contributed by atoms with van der Waals surface area (Å²) in [4.78, 5) is 17.8. The van der Waals surface area contributed by atoms with Crippen LogP contribution in [0.5, 0.6) is 0 Å². The molecule has 0 spiro atoms. The molecule has 1 aromatic carbocycles. The average molecular weight is 308 g/mol. The number of nitrogens with zero attached hydrogens (tertiary/aromatic N) is 2. The number of hydrogen-bond acceptors (Lipinski definition) is 3. The first kappa shape index (κ1) is 14.1. The zero-order chi connectivity index (χ0) is 14.8. The van der Waals surface area contributed by atoms with E-state index >= 15 is 0 Å². The summed E-state index contributed by atoms with van der Waals surface area (Å²) in [6, 6.07) is 3.77. The fraction of sp³-hybridized carbons (Fsp3) is 0.333. The van der Waals surface area contributed by atoms with Crippen LogP contribution in [0.4, 0.5) is 8.78 Å². The van der Waals surface area contributed by atoms with Crippen LogP contribution in [0.3, 0.4) is 0 Å². The SMILES string of the molecule is O=C1CCCN1CCc1nc(-c2ccc(F)c(F)c2)cs1. The van der Waals surface area contributed by atoms with Crippen molar-refractivity contribution in [3.05, 3.63) is 40.2 Å². The van der Waals surface area contributed by atoms with E-state index < -0.39 is 11.6 Å². The molecule has 0 saturated carbocycles. The number of amides is 1. The Bertz CT molecular complexity index is 671. The molecular weight excluding hydrogens is 294 g/mol. The molecule has 0 bridgehead atoms. The van der Waals surface area contributed by atoms with Crippen LogP contribution in [-0.4, -0.2) is 28.9 Å². The number of carbonyl (C=O) groups is 1. The van der Waals surface area contributed by atoms with Crippen LogP contribution in [0.15, 0.2) is 23.6 Å². The van der Waals surface area contributed by atoms with Gasteiger partial charge in [-0.05, 0) is 24.6 Å². The third kappa shape index (κ3) is 3.10. The molecule has 0 aliphatic carbocycles. The fourth-order valence-corrected chi connectivity index (χ4v) is 3.18. The highest BCUT2D eigenvalue weighted by Crippen LogP contribution is 2.24. The summed E-state index contributed by atoms with van der Waals surface area (Å²) in [5.41, 5.74) is 1.20. The van der Waals surface area contributed by atoms with Gasteiger partial charge in [0, 0.05) is 36.9 Å². The van der Waals surface area contributed by atoms with Gasteiger partial charge in [0.2, 0.25) is 5.91 Å². The predicted octanol–water partition coefficient (Wildman–Crippen LogP) is 3.25. The van der Waals surface area contributed by atoms with E-state index in [2.05, 4.69) is 4.98 Å². The highest BCUT2D eigenvalue weighted by Gasteiger charge is 2.20. The molecule has 3 nitrogen and oxygen atoms in total. The number of hydrogen-bond donors (Lipinski definition) is 0. The van der Waals surface area contributed by atoms with Gasteiger partial charge in [0.1, 0.15) is 0 Å². The Balaban J connectivity index is 1.68. The maximum absolute atomic E-state index is 13.2. The molecule has 1 saturated heterocycles. The smallest absolute Gasteiger partial charge is 0.222 e. The van der Waals surface area contributed by atoms with Crippen molar-refractivity contribution in [1.29, 1.82) is 0 Å². The highest BCUT2D eigenvalue weighted by atomic mass is 32.1. The maximum Gasteiger partial charge on any atom is 0.222 e. The Morgan fingerprint density at radius 3 is 2.86 bits per heavy atom. The minimum atomic E-state index is -0.871. The Morgan fingerprint density at radius 2 is 2.14 bits per heavy atom. The summed E-state index contributed by atoms with van der Waals surface area (Å²) >= 11 is 1.47. The summed E-state index contributed by atoms with van der Waals surface area (Å²) in [5.74, 6) is -1.53. The van der Waals surface area contributed by atoms with Crippen molar-refractivity contribution in [2.45, 2.75) is 19.3 Å². The topological polar surface area (TPSA) is 33.2 Å². The quantitative estimate of drug-likeness (QED) is 0.868. The lowest BCUT2D eigenvalue weighted by Crippen LogP contribution is -2.26. The monoisotopic (exact) mass is 308 g/mol. The predicted molar refractivity (Wildman–Crippen MR) is 77.0 cm³/mol. The minimum absolute atomic E-state index is 0.201. The average Bonchev–Trinajstić information content (AvgIpc) is 3.09. The molecule has 1 fully saturated rings. The molecule has 2 aromatic rings. The van der Waals surface area contributed by atoms with E-state index in [0.29, 0.717) is 30.6 Å². The first-order valence-electron chi connectivity index (χ1n) is 6.81. The molecule has 1 aliphatic heterocycles. The Labute approximate surface area is 125 Å². The van der Waals surface area contributed by atoms with Gasteiger partial charge in [-0.15, -0.1) is 11.3 Å². The van der Waals surface area contributed by atoms with Crippen LogP contribution < -0.4 is 0 Å². The molecular formula is C15H14F2N2OS.